The standard InChI is InChI=1S/C60H63N3O10S/c1-2-34-70-60-56(62(40-45-21-15-20-43-18-9-10-24-50(43)45)59(66)72-47-28-26-46(27-29-47)63(67)68)39-54(61-71-41-42-16-5-3-6-17-42)52-37-44(19-11-13-32-64)51(25-12-14-33-65)57(58(52)60)53-38-48(30-31-55(53)73-60)69-35-36-74-49-22-7-4-8-23-49/h2-10,15-18,20-24,26-31,37-38,44,51,56-58,64-65H,1,11-14,19,25,32-36,39-41H2. The highest BCUT2D eigenvalue weighted by atomic mass is 32.2. The number of carbonyl (C=O) groups excluding carboxylic acids is 1. The smallest absolute Gasteiger partial charge is 0.416 e. The molecule has 6 atom stereocenters. The van der Waals surface area contributed by atoms with Crippen LogP contribution in [0.25, 0.3) is 10.8 Å². The van der Waals surface area contributed by atoms with Crippen LogP contribution in [0, 0.1) is 27.9 Å². The Bertz CT molecular complexity index is 2910. The summed E-state index contributed by atoms with van der Waals surface area (Å²) < 4.78 is 27.6. The Morgan fingerprint density at radius 1 is 0.865 bits per heavy atom. The number of non-ortho nitro benzene ring substituents is 1. The lowest BCUT2D eigenvalue weighted by molar-refractivity contribution is -0.384. The van der Waals surface area contributed by atoms with Crippen LogP contribution in [-0.4, -0.2) is 75.9 Å². The van der Waals surface area contributed by atoms with Crippen molar-refractivity contribution in [3.63, 3.8) is 0 Å². The van der Waals surface area contributed by atoms with Gasteiger partial charge in [0, 0.05) is 53.9 Å². The molecular formula is C60H63N3O10S. The second kappa shape index (κ2) is 24.8. The zero-order valence-electron chi connectivity index (χ0n) is 41.4. The number of fused-ring (bicyclic) bond motifs is 3. The number of unbranched alkanes of at least 4 members (excludes halogenated alkanes) is 2. The topological polar surface area (TPSA) is 162 Å². The summed E-state index contributed by atoms with van der Waals surface area (Å²) in [5, 5.41) is 38.8. The second-order valence-corrected chi connectivity index (χ2v) is 20.1. The number of nitrogens with zero attached hydrogens (tertiary/aromatic N) is 3. The number of nitro benzene ring substituents is 1. The van der Waals surface area contributed by atoms with Crippen LogP contribution in [0.3, 0.4) is 0 Å². The van der Waals surface area contributed by atoms with Gasteiger partial charge in [-0.15, -0.1) is 18.3 Å². The number of thioether (sulfide) groups is 1. The lowest BCUT2D eigenvalue weighted by Gasteiger charge is -2.59. The summed E-state index contributed by atoms with van der Waals surface area (Å²) in [5.41, 5.74) is 4.09. The molecule has 2 N–H and O–H groups in total. The van der Waals surface area contributed by atoms with E-state index in [2.05, 4.69) is 30.9 Å². The van der Waals surface area contributed by atoms with Crippen molar-refractivity contribution >= 4 is 40.0 Å². The molecule has 6 aromatic carbocycles. The maximum atomic E-state index is 15.4. The van der Waals surface area contributed by atoms with E-state index in [0.717, 1.165) is 69.4 Å². The van der Waals surface area contributed by atoms with Crippen LogP contribution >= 0.6 is 11.8 Å². The van der Waals surface area contributed by atoms with E-state index in [0.29, 0.717) is 36.7 Å². The van der Waals surface area contributed by atoms with Crippen LogP contribution in [0.15, 0.2) is 180 Å². The summed E-state index contributed by atoms with van der Waals surface area (Å²) in [5.74, 6) is -0.341. The van der Waals surface area contributed by atoms with Crippen molar-refractivity contribution in [3.8, 4) is 17.2 Å². The van der Waals surface area contributed by atoms with Gasteiger partial charge in [0.05, 0.1) is 36.3 Å². The Balaban J connectivity index is 1.22. The van der Waals surface area contributed by atoms with Gasteiger partial charge in [0.25, 0.3) is 5.69 Å². The van der Waals surface area contributed by atoms with Gasteiger partial charge in [-0.2, -0.15) is 0 Å². The SMILES string of the molecule is C=CCOC12Oc3ccc(OCCSc4ccccc4)cc3C3C(CCCCO)C(CCCCO)C=C(C(=NOCc4ccccc4)CC1N(Cc1cccc4ccccc14)C(=O)Oc1ccc([N+](=O)[O-])cc1)C32. The molecule has 6 aromatic rings. The lowest BCUT2D eigenvalue weighted by Crippen LogP contribution is -2.70. The predicted octanol–water partition coefficient (Wildman–Crippen LogP) is 12.5. The Hall–Kier alpha value is -6.97. The van der Waals surface area contributed by atoms with Crippen molar-refractivity contribution in [2.45, 2.75) is 80.7 Å². The number of rotatable bonds is 24. The average Bonchev–Trinajstić information content (AvgIpc) is 3.42. The van der Waals surface area contributed by atoms with E-state index >= 15 is 4.79 Å². The average molecular weight is 1020 g/mol. The number of aliphatic hydroxyl groups excluding tert-OH is 2. The van der Waals surface area contributed by atoms with Crippen LogP contribution in [0.2, 0.25) is 0 Å². The van der Waals surface area contributed by atoms with E-state index in [9.17, 15) is 20.3 Å². The Morgan fingerprint density at radius 2 is 1.58 bits per heavy atom. The molecule has 1 saturated carbocycles. The number of carbonyl (C=O) groups is 1. The quantitative estimate of drug-likeness (QED) is 0.0195. The molecule has 0 saturated heterocycles. The third kappa shape index (κ3) is 11.8. The molecule has 0 aromatic heterocycles. The van der Waals surface area contributed by atoms with Crippen LogP contribution in [0.5, 0.6) is 17.2 Å². The van der Waals surface area contributed by atoms with Crippen LogP contribution in [0.4, 0.5) is 10.5 Å². The number of oxime groups is 1. The molecule has 13 nitrogen and oxygen atoms in total. The largest absolute Gasteiger partial charge is 0.493 e. The maximum absolute atomic E-state index is 15.4. The van der Waals surface area contributed by atoms with Gasteiger partial charge < -0.3 is 34.0 Å². The third-order valence-corrected chi connectivity index (χ3v) is 15.3. The highest BCUT2D eigenvalue weighted by molar-refractivity contribution is 7.99. The van der Waals surface area contributed by atoms with Crippen molar-refractivity contribution < 1.29 is 43.7 Å². The van der Waals surface area contributed by atoms with Gasteiger partial charge in [0.1, 0.15) is 29.9 Å². The molecule has 2 aliphatic carbocycles. The van der Waals surface area contributed by atoms with E-state index < -0.39 is 28.8 Å². The van der Waals surface area contributed by atoms with Gasteiger partial charge in [0.15, 0.2) is 0 Å². The fourth-order valence-corrected chi connectivity index (χ4v) is 11.8. The van der Waals surface area contributed by atoms with Gasteiger partial charge in [-0.3, -0.25) is 15.0 Å². The highest BCUT2D eigenvalue weighted by Gasteiger charge is 2.66. The molecule has 1 amide bonds. The van der Waals surface area contributed by atoms with E-state index in [4.69, 9.17) is 28.9 Å². The fraction of sp³-hybridized carbons (Fsp3) is 0.333. The molecule has 1 fully saturated rings. The summed E-state index contributed by atoms with van der Waals surface area (Å²) in [7, 11) is 0. The van der Waals surface area contributed by atoms with E-state index in [1.807, 2.05) is 103 Å². The van der Waals surface area contributed by atoms with Crippen molar-refractivity contribution in [3.05, 3.63) is 197 Å². The number of allylic oxidation sites excluding steroid dienone is 1. The lowest BCUT2D eigenvalue weighted by atomic mass is 9.55. The van der Waals surface area contributed by atoms with Gasteiger partial charge in [0.2, 0.25) is 5.79 Å². The molecule has 1 aliphatic heterocycles. The molecular weight excluding hydrogens is 955 g/mol. The summed E-state index contributed by atoms with van der Waals surface area (Å²) in [6.07, 6.45) is 7.75. The minimum Gasteiger partial charge on any atom is -0.493 e. The molecule has 0 bridgehead atoms. The fourth-order valence-electron chi connectivity index (χ4n) is 11.0. The molecule has 0 spiro atoms. The number of aliphatic hydroxyl groups is 2. The summed E-state index contributed by atoms with van der Waals surface area (Å²) >= 11 is 1.73. The number of hydrogen-bond acceptors (Lipinski definition) is 12. The van der Waals surface area contributed by atoms with Gasteiger partial charge >= 0.3 is 6.09 Å². The number of benzene rings is 6. The zero-order valence-corrected chi connectivity index (χ0v) is 42.2. The van der Waals surface area contributed by atoms with E-state index in [1.165, 1.54) is 24.3 Å². The number of ether oxygens (including phenoxy) is 4. The molecule has 384 valence electrons. The molecule has 9 rings (SSSR count). The molecule has 6 unspecified atom stereocenters. The molecule has 0 radical (unpaired) electrons. The monoisotopic (exact) mass is 1020 g/mol. The maximum Gasteiger partial charge on any atom is 0.416 e. The van der Waals surface area contributed by atoms with Crippen molar-refractivity contribution in [2.24, 2.45) is 22.9 Å². The first-order chi connectivity index (χ1) is 36.3. The van der Waals surface area contributed by atoms with Crippen LogP contribution < -0.4 is 14.2 Å². The first-order valence-corrected chi connectivity index (χ1v) is 26.5. The highest BCUT2D eigenvalue weighted by Crippen LogP contribution is 2.62. The van der Waals surface area contributed by atoms with Crippen LogP contribution in [0.1, 0.15) is 67.6 Å². The molecule has 1 heterocycles. The minimum atomic E-state index is -1.59. The number of amides is 1. The van der Waals surface area contributed by atoms with Crippen molar-refractivity contribution in [1.82, 2.24) is 4.90 Å². The zero-order chi connectivity index (χ0) is 51.3. The van der Waals surface area contributed by atoms with Crippen LogP contribution in [-0.2, 0) is 22.7 Å². The van der Waals surface area contributed by atoms with Gasteiger partial charge in [-0.25, -0.2) is 4.79 Å². The second-order valence-electron chi connectivity index (χ2n) is 18.9. The third-order valence-electron chi connectivity index (χ3n) is 14.3. The Morgan fingerprint density at radius 3 is 2.34 bits per heavy atom. The molecule has 14 heteroatoms. The number of nitro groups is 1. The molecule has 74 heavy (non-hydrogen) atoms. The first-order valence-electron chi connectivity index (χ1n) is 25.5. The normalized spacial score (nSPS) is 21.1. The Labute approximate surface area is 436 Å². The Kier molecular flexibility index (Phi) is 17.4. The van der Waals surface area contributed by atoms with E-state index in [-0.39, 0.29) is 68.6 Å². The van der Waals surface area contributed by atoms with Gasteiger partial charge in [-0.05, 0) is 107 Å². The van der Waals surface area contributed by atoms with Crippen molar-refractivity contribution in [2.75, 3.05) is 32.2 Å². The van der Waals surface area contributed by atoms with Crippen molar-refractivity contribution in [1.29, 1.82) is 0 Å². The predicted molar refractivity (Wildman–Crippen MR) is 287 cm³/mol. The summed E-state index contributed by atoms with van der Waals surface area (Å²) in [6.45, 7) is 5.01. The summed E-state index contributed by atoms with van der Waals surface area (Å²) in [4.78, 5) is 35.8. The van der Waals surface area contributed by atoms with E-state index in [1.54, 1.807) is 22.7 Å². The summed E-state index contributed by atoms with van der Waals surface area (Å²) in [6, 6.07) is 44.5. The minimum absolute atomic E-state index is 0.0150. The molecule has 3 aliphatic rings. The first kappa shape index (κ1) is 51.9. The van der Waals surface area contributed by atoms with Gasteiger partial charge in [-0.1, -0.05) is 121 Å². The number of hydrogen-bond donors (Lipinski definition) is 2.